The van der Waals surface area contributed by atoms with E-state index in [-0.39, 0.29) is 11.5 Å². The molecule has 4 atom stereocenters. The third-order valence-corrected chi connectivity index (χ3v) is 4.19. The number of hydrogen-bond donors (Lipinski definition) is 1. The molecule has 0 aliphatic heterocycles. The lowest BCUT2D eigenvalue weighted by Gasteiger charge is -2.41. The van der Waals surface area contributed by atoms with Gasteiger partial charge in [-0.2, -0.15) is 0 Å². The minimum Gasteiger partial charge on any atom is -0.392 e. The van der Waals surface area contributed by atoms with Crippen LogP contribution in [0.25, 0.3) is 0 Å². The molecule has 2 heteroatoms. The summed E-state index contributed by atoms with van der Waals surface area (Å²) in [4.78, 5) is 0. The van der Waals surface area contributed by atoms with Gasteiger partial charge in [0.15, 0.2) is 0 Å². The van der Waals surface area contributed by atoms with Crippen LogP contribution in [0.5, 0.6) is 0 Å². The number of hydrogen-bond acceptors (Lipinski definition) is 1. The van der Waals surface area contributed by atoms with Gasteiger partial charge in [0.1, 0.15) is 0 Å². The second-order valence-electron chi connectivity index (χ2n) is 4.30. The SMILES string of the molecule is O[C@H]1CC[C@H]2CCCC[C@@H]2[C@@H]1Cl. The molecule has 2 fully saturated rings. The average molecular weight is 189 g/mol. The van der Waals surface area contributed by atoms with Crippen molar-refractivity contribution < 1.29 is 5.11 Å². The average Bonchev–Trinajstić information content (AvgIpc) is 2.12. The van der Waals surface area contributed by atoms with E-state index in [9.17, 15) is 5.11 Å². The minimum atomic E-state index is -0.231. The summed E-state index contributed by atoms with van der Waals surface area (Å²) in [7, 11) is 0. The summed E-state index contributed by atoms with van der Waals surface area (Å²) in [6, 6.07) is 0. The summed E-state index contributed by atoms with van der Waals surface area (Å²) >= 11 is 6.19. The Kier molecular flexibility index (Phi) is 2.61. The highest BCUT2D eigenvalue weighted by molar-refractivity contribution is 6.21. The van der Waals surface area contributed by atoms with Crippen molar-refractivity contribution >= 4 is 11.6 Å². The number of alkyl halides is 1. The molecule has 1 N–H and O–H groups in total. The lowest BCUT2D eigenvalue weighted by Crippen LogP contribution is -2.40. The molecular weight excluding hydrogens is 172 g/mol. The van der Waals surface area contributed by atoms with Gasteiger partial charge in [0.2, 0.25) is 0 Å². The van der Waals surface area contributed by atoms with Crippen molar-refractivity contribution in [3.8, 4) is 0 Å². The second-order valence-corrected chi connectivity index (χ2v) is 4.80. The van der Waals surface area contributed by atoms with Crippen LogP contribution in [0.1, 0.15) is 38.5 Å². The van der Waals surface area contributed by atoms with E-state index < -0.39 is 0 Å². The smallest absolute Gasteiger partial charge is 0.0706 e. The minimum absolute atomic E-state index is 0.0454. The van der Waals surface area contributed by atoms with Crippen LogP contribution in [0.2, 0.25) is 0 Å². The Morgan fingerprint density at radius 2 is 1.75 bits per heavy atom. The molecule has 0 aromatic carbocycles. The number of aliphatic hydroxyl groups excluding tert-OH is 1. The first-order valence-electron chi connectivity index (χ1n) is 5.11. The summed E-state index contributed by atoms with van der Waals surface area (Å²) in [6.45, 7) is 0. The maximum absolute atomic E-state index is 9.58. The highest BCUT2D eigenvalue weighted by Gasteiger charge is 2.38. The Balaban J connectivity index is 2.03. The van der Waals surface area contributed by atoms with E-state index in [1.54, 1.807) is 0 Å². The van der Waals surface area contributed by atoms with Crippen LogP contribution in [-0.4, -0.2) is 16.6 Å². The molecule has 0 spiro atoms. The number of rotatable bonds is 0. The van der Waals surface area contributed by atoms with Crippen molar-refractivity contribution in [1.29, 1.82) is 0 Å². The predicted molar refractivity (Wildman–Crippen MR) is 50.3 cm³/mol. The Morgan fingerprint density at radius 1 is 1.00 bits per heavy atom. The van der Waals surface area contributed by atoms with Crippen molar-refractivity contribution in [1.82, 2.24) is 0 Å². The zero-order valence-corrected chi connectivity index (χ0v) is 8.13. The monoisotopic (exact) mass is 188 g/mol. The molecule has 0 radical (unpaired) electrons. The van der Waals surface area contributed by atoms with Gasteiger partial charge in [-0.15, -0.1) is 11.6 Å². The number of fused-ring (bicyclic) bond motifs is 1. The van der Waals surface area contributed by atoms with Crippen molar-refractivity contribution in [2.24, 2.45) is 11.8 Å². The van der Waals surface area contributed by atoms with E-state index in [2.05, 4.69) is 0 Å². The highest BCUT2D eigenvalue weighted by Crippen LogP contribution is 2.42. The molecule has 0 aromatic heterocycles. The van der Waals surface area contributed by atoms with Crippen LogP contribution in [-0.2, 0) is 0 Å². The summed E-state index contributed by atoms with van der Waals surface area (Å²) in [6.07, 6.45) is 7.18. The first-order chi connectivity index (χ1) is 5.79. The van der Waals surface area contributed by atoms with E-state index in [1.165, 1.54) is 32.1 Å². The Hall–Kier alpha value is 0.250. The van der Waals surface area contributed by atoms with Gasteiger partial charge in [-0.05, 0) is 31.1 Å². The number of halogens is 1. The van der Waals surface area contributed by atoms with Gasteiger partial charge in [-0.3, -0.25) is 0 Å². The Morgan fingerprint density at radius 3 is 2.58 bits per heavy atom. The normalized spacial score (nSPS) is 48.5. The quantitative estimate of drug-likeness (QED) is 0.580. The van der Waals surface area contributed by atoms with Gasteiger partial charge in [-0.25, -0.2) is 0 Å². The topological polar surface area (TPSA) is 20.2 Å². The second kappa shape index (κ2) is 3.55. The molecular formula is C10H17ClO. The fourth-order valence-electron chi connectivity index (χ4n) is 2.84. The fraction of sp³-hybridized carbons (Fsp3) is 1.00. The van der Waals surface area contributed by atoms with E-state index in [0.29, 0.717) is 5.92 Å². The first-order valence-corrected chi connectivity index (χ1v) is 5.55. The molecule has 1 nitrogen and oxygen atoms in total. The lowest BCUT2D eigenvalue weighted by molar-refractivity contribution is 0.0542. The van der Waals surface area contributed by atoms with E-state index in [1.807, 2.05) is 0 Å². The zero-order valence-electron chi connectivity index (χ0n) is 7.38. The summed E-state index contributed by atoms with van der Waals surface area (Å²) in [5.74, 6) is 1.44. The van der Waals surface area contributed by atoms with E-state index >= 15 is 0 Å². The molecule has 70 valence electrons. The first kappa shape index (κ1) is 8.83. The molecule has 0 amide bonds. The maximum Gasteiger partial charge on any atom is 0.0706 e. The van der Waals surface area contributed by atoms with Crippen molar-refractivity contribution in [3.63, 3.8) is 0 Å². The van der Waals surface area contributed by atoms with Crippen LogP contribution >= 0.6 is 11.6 Å². The van der Waals surface area contributed by atoms with Crippen molar-refractivity contribution in [2.75, 3.05) is 0 Å². The van der Waals surface area contributed by atoms with Crippen LogP contribution in [0, 0.1) is 11.8 Å². The Labute approximate surface area is 79.1 Å². The van der Waals surface area contributed by atoms with Crippen LogP contribution in [0.3, 0.4) is 0 Å². The zero-order chi connectivity index (χ0) is 8.55. The van der Waals surface area contributed by atoms with E-state index in [0.717, 1.165) is 12.3 Å². The van der Waals surface area contributed by atoms with Gasteiger partial charge in [0.25, 0.3) is 0 Å². The largest absolute Gasteiger partial charge is 0.392 e. The summed E-state index contributed by atoms with van der Waals surface area (Å²) in [5, 5.41) is 9.63. The standard InChI is InChI=1S/C10H17ClO/c11-10-8-4-2-1-3-7(8)5-6-9(10)12/h7-10,12H,1-6H2/t7-,8+,9+,10+/m1/s1. The Bertz CT molecular complexity index is 158. The molecule has 12 heavy (non-hydrogen) atoms. The molecule has 0 bridgehead atoms. The molecule has 2 rings (SSSR count). The maximum atomic E-state index is 9.58. The van der Waals surface area contributed by atoms with Gasteiger partial charge in [-0.1, -0.05) is 19.3 Å². The molecule has 0 unspecified atom stereocenters. The molecule has 0 heterocycles. The predicted octanol–water partition coefficient (Wildman–Crippen LogP) is 2.55. The molecule has 2 saturated carbocycles. The third-order valence-electron chi connectivity index (χ3n) is 3.58. The summed E-state index contributed by atoms with van der Waals surface area (Å²) < 4.78 is 0. The van der Waals surface area contributed by atoms with Crippen LogP contribution in [0.15, 0.2) is 0 Å². The van der Waals surface area contributed by atoms with Gasteiger partial charge < -0.3 is 5.11 Å². The van der Waals surface area contributed by atoms with E-state index in [4.69, 9.17) is 11.6 Å². The van der Waals surface area contributed by atoms with Crippen molar-refractivity contribution in [3.05, 3.63) is 0 Å². The van der Waals surface area contributed by atoms with Crippen molar-refractivity contribution in [2.45, 2.75) is 50.0 Å². The third kappa shape index (κ3) is 1.49. The number of aliphatic hydroxyl groups is 1. The summed E-state index contributed by atoms with van der Waals surface area (Å²) in [5.41, 5.74) is 0. The van der Waals surface area contributed by atoms with Crippen LogP contribution in [0.4, 0.5) is 0 Å². The van der Waals surface area contributed by atoms with Gasteiger partial charge >= 0.3 is 0 Å². The van der Waals surface area contributed by atoms with Crippen LogP contribution < -0.4 is 0 Å². The fourth-order valence-corrected chi connectivity index (χ4v) is 3.30. The molecule has 0 aromatic rings. The lowest BCUT2D eigenvalue weighted by atomic mass is 9.70. The molecule has 2 aliphatic rings. The molecule has 0 saturated heterocycles. The van der Waals surface area contributed by atoms with Gasteiger partial charge in [0.05, 0.1) is 11.5 Å². The van der Waals surface area contributed by atoms with Gasteiger partial charge in [0, 0.05) is 0 Å². The highest BCUT2D eigenvalue weighted by atomic mass is 35.5. The molecule has 2 aliphatic carbocycles.